The quantitative estimate of drug-likeness (QED) is 0.883. The van der Waals surface area contributed by atoms with Gasteiger partial charge in [0.15, 0.2) is 0 Å². The van der Waals surface area contributed by atoms with Crippen molar-refractivity contribution >= 4 is 11.6 Å². The van der Waals surface area contributed by atoms with Crippen molar-refractivity contribution in [2.24, 2.45) is 12.8 Å². The van der Waals surface area contributed by atoms with E-state index in [-0.39, 0.29) is 6.04 Å². The van der Waals surface area contributed by atoms with Gasteiger partial charge < -0.3 is 10.5 Å². The highest BCUT2D eigenvalue weighted by atomic mass is 35.5. The SMILES string of the molecule is Cn1nccc1CCC(N)COc1ccc(Cl)cc1. The largest absolute Gasteiger partial charge is 0.492 e. The van der Waals surface area contributed by atoms with Crippen LogP contribution in [0.1, 0.15) is 12.1 Å². The number of benzene rings is 1. The van der Waals surface area contributed by atoms with Gasteiger partial charge in [0.05, 0.1) is 0 Å². The Morgan fingerprint density at radius 2 is 2.05 bits per heavy atom. The molecule has 0 aliphatic heterocycles. The Hall–Kier alpha value is -1.52. The van der Waals surface area contributed by atoms with Crippen molar-refractivity contribution in [3.8, 4) is 5.75 Å². The van der Waals surface area contributed by atoms with Crippen LogP contribution in [-0.4, -0.2) is 22.4 Å². The third-order valence-corrected chi connectivity index (χ3v) is 3.22. The molecule has 2 N–H and O–H groups in total. The maximum Gasteiger partial charge on any atom is 0.119 e. The average Bonchev–Trinajstić information content (AvgIpc) is 2.81. The number of ether oxygens (including phenoxy) is 1. The first-order chi connectivity index (χ1) is 9.15. The molecule has 0 saturated heterocycles. The molecule has 1 atom stereocenters. The molecule has 0 aliphatic carbocycles. The van der Waals surface area contributed by atoms with Crippen LogP contribution >= 0.6 is 11.6 Å². The Morgan fingerprint density at radius 3 is 2.68 bits per heavy atom. The van der Waals surface area contributed by atoms with Crippen LogP contribution in [0.5, 0.6) is 5.75 Å². The van der Waals surface area contributed by atoms with Crippen LogP contribution in [0.15, 0.2) is 36.5 Å². The summed E-state index contributed by atoms with van der Waals surface area (Å²) >= 11 is 5.81. The molecule has 0 amide bonds. The molecule has 0 fully saturated rings. The van der Waals surface area contributed by atoms with Crippen LogP contribution in [0.4, 0.5) is 0 Å². The number of hydrogen-bond acceptors (Lipinski definition) is 3. The van der Waals surface area contributed by atoms with Crippen LogP contribution in [0.25, 0.3) is 0 Å². The van der Waals surface area contributed by atoms with E-state index in [4.69, 9.17) is 22.1 Å². The van der Waals surface area contributed by atoms with Crippen molar-refractivity contribution < 1.29 is 4.74 Å². The summed E-state index contributed by atoms with van der Waals surface area (Å²) in [5, 5.41) is 4.83. The van der Waals surface area contributed by atoms with Gasteiger partial charge in [0.1, 0.15) is 12.4 Å². The van der Waals surface area contributed by atoms with Gasteiger partial charge in [0.2, 0.25) is 0 Å². The molecule has 4 nitrogen and oxygen atoms in total. The number of halogens is 1. The van der Waals surface area contributed by atoms with Crippen molar-refractivity contribution in [1.82, 2.24) is 9.78 Å². The standard InChI is InChI=1S/C14H18ClN3O/c1-18-13(8-9-17-18)5-4-12(16)10-19-14-6-2-11(15)3-7-14/h2-3,6-9,12H,4-5,10,16H2,1H3. The van der Waals surface area contributed by atoms with Crippen molar-refractivity contribution in [2.75, 3.05) is 6.61 Å². The van der Waals surface area contributed by atoms with Gasteiger partial charge in [-0.15, -0.1) is 0 Å². The fourth-order valence-electron chi connectivity index (χ4n) is 1.80. The highest BCUT2D eigenvalue weighted by Crippen LogP contribution is 2.15. The second kappa shape index (κ2) is 6.59. The third-order valence-electron chi connectivity index (χ3n) is 2.97. The normalized spacial score (nSPS) is 12.4. The maximum atomic E-state index is 6.04. The molecular weight excluding hydrogens is 262 g/mol. The van der Waals surface area contributed by atoms with Crippen molar-refractivity contribution in [1.29, 1.82) is 0 Å². The number of hydrogen-bond donors (Lipinski definition) is 1. The van der Waals surface area contributed by atoms with E-state index in [1.807, 2.05) is 29.9 Å². The summed E-state index contributed by atoms with van der Waals surface area (Å²) in [5.41, 5.74) is 7.22. The van der Waals surface area contributed by atoms with E-state index >= 15 is 0 Å². The van der Waals surface area contributed by atoms with Crippen molar-refractivity contribution in [2.45, 2.75) is 18.9 Å². The molecule has 5 heteroatoms. The smallest absolute Gasteiger partial charge is 0.119 e. The molecule has 1 aromatic heterocycles. The van der Waals surface area contributed by atoms with Gasteiger partial charge in [-0.3, -0.25) is 4.68 Å². The molecule has 102 valence electrons. The Bertz CT molecular complexity index is 510. The lowest BCUT2D eigenvalue weighted by molar-refractivity contribution is 0.281. The zero-order valence-electron chi connectivity index (χ0n) is 10.9. The van der Waals surface area contributed by atoms with Crippen molar-refractivity contribution in [3.63, 3.8) is 0 Å². The van der Waals surface area contributed by atoms with Crippen LogP contribution in [0.2, 0.25) is 5.02 Å². The monoisotopic (exact) mass is 279 g/mol. The molecule has 0 aliphatic rings. The van der Waals surface area contributed by atoms with Crippen LogP contribution in [-0.2, 0) is 13.5 Å². The van der Waals surface area contributed by atoms with Gasteiger partial charge in [-0.25, -0.2) is 0 Å². The first-order valence-electron chi connectivity index (χ1n) is 6.26. The molecule has 19 heavy (non-hydrogen) atoms. The molecule has 1 heterocycles. The molecule has 1 aromatic carbocycles. The lowest BCUT2D eigenvalue weighted by atomic mass is 10.1. The van der Waals surface area contributed by atoms with E-state index in [2.05, 4.69) is 5.10 Å². The van der Waals surface area contributed by atoms with Crippen molar-refractivity contribution in [3.05, 3.63) is 47.2 Å². The predicted octanol–water partition coefficient (Wildman–Crippen LogP) is 2.41. The van der Waals surface area contributed by atoms with Crippen LogP contribution in [0, 0.1) is 0 Å². The van der Waals surface area contributed by atoms with E-state index in [0.717, 1.165) is 18.6 Å². The third kappa shape index (κ3) is 4.26. The van der Waals surface area contributed by atoms with Gasteiger partial charge in [0.25, 0.3) is 0 Å². The number of nitrogens with zero attached hydrogens (tertiary/aromatic N) is 2. The van der Waals surface area contributed by atoms with Gasteiger partial charge in [-0.1, -0.05) is 11.6 Å². The summed E-state index contributed by atoms with van der Waals surface area (Å²) in [6, 6.07) is 9.31. The number of rotatable bonds is 6. The molecule has 1 unspecified atom stereocenters. The van der Waals surface area contributed by atoms with Gasteiger partial charge in [0, 0.05) is 30.0 Å². The van der Waals surface area contributed by atoms with E-state index in [1.165, 1.54) is 5.69 Å². The first-order valence-corrected chi connectivity index (χ1v) is 6.64. The van der Waals surface area contributed by atoms with Gasteiger partial charge in [-0.2, -0.15) is 5.10 Å². The lowest BCUT2D eigenvalue weighted by Crippen LogP contribution is -2.28. The first kappa shape index (κ1) is 13.9. The van der Waals surface area contributed by atoms with E-state index in [1.54, 1.807) is 18.3 Å². The molecule has 2 aromatic rings. The molecule has 0 radical (unpaired) electrons. The van der Waals surface area contributed by atoms with Gasteiger partial charge in [-0.05, 0) is 43.2 Å². The zero-order chi connectivity index (χ0) is 13.7. The topological polar surface area (TPSA) is 53.1 Å². The fraction of sp³-hybridized carbons (Fsp3) is 0.357. The average molecular weight is 280 g/mol. The summed E-state index contributed by atoms with van der Waals surface area (Å²) in [5.74, 6) is 0.792. The van der Waals surface area contributed by atoms with E-state index in [9.17, 15) is 0 Å². The summed E-state index contributed by atoms with van der Waals surface area (Å²) < 4.78 is 7.48. The zero-order valence-corrected chi connectivity index (χ0v) is 11.7. The summed E-state index contributed by atoms with van der Waals surface area (Å²) in [4.78, 5) is 0. The molecule has 0 saturated carbocycles. The fourth-order valence-corrected chi connectivity index (χ4v) is 1.92. The van der Waals surface area contributed by atoms with E-state index < -0.39 is 0 Å². The maximum absolute atomic E-state index is 6.04. The number of aryl methyl sites for hydroxylation is 2. The minimum atomic E-state index is 0.00516. The van der Waals surface area contributed by atoms with Crippen LogP contribution < -0.4 is 10.5 Å². The predicted molar refractivity (Wildman–Crippen MR) is 76.5 cm³/mol. The number of aromatic nitrogens is 2. The molecule has 0 bridgehead atoms. The molecule has 2 rings (SSSR count). The second-order valence-electron chi connectivity index (χ2n) is 4.51. The Labute approximate surface area is 118 Å². The highest BCUT2D eigenvalue weighted by Gasteiger charge is 2.06. The lowest BCUT2D eigenvalue weighted by Gasteiger charge is -2.13. The molecular formula is C14H18ClN3O. The number of nitrogens with two attached hydrogens (primary N) is 1. The van der Waals surface area contributed by atoms with Gasteiger partial charge >= 0.3 is 0 Å². The summed E-state index contributed by atoms with van der Waals surface area (Å²) in [6.07, 6.45) is 3.57. The summed E-state index contributed by atoms with van der Waals surface area (Å²) in [7, 11) is 1.94. The van der Waals surface area contributed by atoms with E-state index in [0.29, 0.717) is 11.6 Å². The molecule has 0 spiro atoms. The second-order valence-corrected chi connectivity index (χ2v) is 4.95. The minimum Gasteiger partial charge on any atom is -0.492 e. The summed E-state index contributed by atoms with van der Waals surface area (Å²) in [6.45, 7) is 0.499. The Balaban J connectivity index is 1.74. The highest BCUT2D eigenvalue weighted by molar-refractivity contribution is 6.30. The minimum absolute atomic E-state index is 0.00516. The Kier molecular flexibility index (Phi) is 4.82. The van der Waals surface area contributed by atoms with Crippen LogP contribution in [0.3, 0.4) is 0 Å². The Morgan fingerprint density at radius 1 is 1.32 bits per heavy atom.